The standard InChI is InChI=1S/C19H19NO2/c1-22-19-9-5-8-16(13-19)20-17-10-15(11-18(21)12-17)14-6-3-2-4-7-14/h2-9,12-13,15,20H,10-11H2,1H3. The minimum Gasteiger partial charge on any atom is -0.497 e. The number of carbonyl (C=O) groups excluding carboxylic acids is 1. The summed E-state index contributed by atoms with van der Waals surface area (Å²) in [5.74, 6) is 1.21. The summed E-state index contributed by atoms with van der Waals surface area (Å²) < 4.78 is 5.23. The number of nitrogens with one attached hydrogen (secondary N) is 1. The Kier molecular flexibility index (Phi) is 4.24. The lowest BCUT2D eigenvalue weighted by atomic mass is 9.85. The van der Waals surface area contributed by atoms with Gasteiger partial charge in [-0.05, 0) is 30.0 Å². The first-order chi connectivity index (χ1) is 10.7. The van der Waals surface area contributed by atoms with Crippen LogP contribution in [0.15, 0.2) is 66.4 Å². The molecule has 3 nitrogen and oxygen atoms in total. The fourth-order valence-electron chi connectivity index (χ4n) is 2.83. The first-order valence-corrected chi connectivity index (χ1v) is 7.44. The summed E-state index contributed by atoms with van der Waals surface area (Å²) in [6.45, 7) is 0. The minimum atomic E-state index is 0.172. The molecule has 0 bridgehead atoms. The van der Waals surface area contributed by atoms with Crippen molar-refractivity contribution in [2.45, 2.75) is 18.8 Å². The van der Waals surface area contributed by atoms with Crippen molar-refractivity contribution in [3.8, 4) is 5.75 Å². The third-order valence-corrected chi connectivity index (χ3v) is 3.89. The van der Waals surface area contributed by atoms with Crippen molar-refractivity contribution >= 4 is 11.5 Å². The highest BCUT2D eigenvalue weighted by molar-refractivity contribution is 5.92. The molecular weight excluding hydrogens is 274 g/mol. The van der Waals surface area contributed by atoms with E-state index < -0.39 is 0 Å². The lowest BCUT2D eigenvalue weighted by Gasteiger charge is -2.23. The molecule has 3 heteroatoms. The molecule has 1 unspecified atom stereocenters. The van der Waals surface area contributed by atoms with Crippen LogP contribution in [0.3, 0.4) is 0 Å². The number of carbonyl (C=O) groups is 1. The molecule has 0 aromatic heterocycles. The summed E-state index contributed by atoms with van der Waals surface area (Å²) in [5.41, 5.74) is 3.11. The number of benzene rings is 2. The zero-order valence-corrected chi connectivity index (χ0v) is 12.6. The maximum atomic E-state index is 12.0. The molecule has 2 aromatic carbocycles. The second-order valence-corrected chi connectivity index (χ2v) is 5.51. The van der Waals surface area contributed by atoms with Crippen LogP contribution in [-0.2, 0) is 4.79 Å². The summed E-state index contributed by atoms with van der Waals surface area (Å²) in [4.78, 5) is 12.0. The van der Waals surface area contributed by atoms with Gasteiger partial charge in [-0.2, -0.15) is 0 Å². The lowest BCUT2D eigenvalue weighted by molar-refractivity contribution is -0.115. The van der Waals surface area contributed by atoms with Gasteiger partial charge in [-0.3, -0.25) is 4.79 Å². The van der Waals surface area contributed by atoms with Gasteiger partial charge < -0.3 is 10.1 Å². The Morgan fingerprint density at radius 1 is 1.05 bits per heavy atom. The maximum Gasteiger partial charge on any atom is 0.158 e. The van der Waals surface area contributed by atoms with Crippen LogP contribution in [0, 0.1) is 0 Å². The predicted molar refractivity (Wildman–Crippen MR) is 88.1 cm³/mol. The number of anilines is 1. The molecule has 0 spiro atoms. The Morgan fingerprint density at radius 2 is 1.86 bits per heavy atom. The van der Waals surface area contributed by atoms with Crippen LogP contribution in [-0.4, -0.2) is 12.9 Å². The predicted octanol–water partition coefficient (Wildman–Crippen LogP) is 4.14. The van der Waals surface area contributed by atoms with E-state index in [1.54, 1.807) is 13.2 Å². The van der Waals surface area contributed by atoms with Crippen molar-refractivity contribution in [3.63, 3.8) is 0 Å². The van der Waals surface area contributed by atoms with E-state index in [-0.39, 0.29) is 11.7 Å². The van der Waals surface area contributed by atoms with E-state index in [4.69, 9.17) is 4.74 Å². The van der Waals surface area contributed by atoms with Gasteiger partial charge >= 0.3 is 0 Å². The van der Waals surface area contributed by atoms with Gasteiger partial charge in [0.15, 0.2) is 5.78 Å². The molecule has 0 fully saturated rings. The topological polar surface area (TPSA) is 38.3 Å². The van der Waals surface area contributed by atoms with E-state index in [9.17, 15) is 4.79 Å². The van der Waals surface area contributed by atoms with Crippen LogP contribution in [0.25, 0.3) is 0 Å². The zero-order chi connectivity index (χ0) is 15.4. The number of allylic oxidation sites excluding steroid dienone is 2. The smallest absolute Gasteiger partial charge is 0.158 e. The molecule has 0 saturated heterocycles. The highest BCUT2D eigenvalue weighted by Crippen LogP contribution is 2.32. The van der Waals surface area contributed by atoms with E-state index in [2.05, 4.69) is 17.4 Å². The molecular formula is C19H19NO2. The van der Waals surface area contributed by atoms with Crippen molar-refractivity contribution in [1.82, 2.24) is 0 Å². The summed E-state index contributed by atoms with van der Waals surface area (Å²) in [7, 11) is 1.65. The monoisotopic (exact) mass is 293 g/mol. The van der Waals surface area contributed by atoms with E-state index >= 15 is 0 Å². The molecule has 3 rings (SSSR count). The largest absolute Gasteiger partial charge is 0.497 e. The Labute approximate surface area is 130 Å². The number of methoxy groups -OCH3 is 1. The molecule has 1 aliphatic rings. The van der Waals surface area contributed by atoms with E-state index in [0.29, 0.717) is 6.42 Å². The summed E-state index contributed by atoms with van der Waals surface area (Å²) in [5, 5.41) is 3.35. The van der Waals surface area contributed by atoms with Crippen molar-refractivity contribution in [3.05, 3.63) is 71.9 Å². The third-order valence-electron chi connectivity index (χ3n) is 3.89. The van der Waals surface area contributed by atoms with Crippen molar-refractivity contribution < 1.29 is 9.53 Å². The summed E-state index contributed by atoms with van der Waals surface area (Å²) >= 11 is 0. The van der Waals surface area contributed by atoms with Gasteiger partial charge in [0.05, 0.1) is 7.11 Å². The molecule has 0 radical (unpaired) electrons. The van der Waals surface area contributed by atoms with Crippen LogP contribution in [0.4, 0.5) is 5.69 Å². The van der Waals surface area contributed by atoms with Gasteiger partial charge in [0.2, 0.25) is 0 Å². The average molecular weight is 293 g/mol. The highest BCUT2D eigenvalue weighted by Gasteiger charge is 2.22. The maximum absolute atomic E-state index is 12.0. The first kappa shape index (κ1) is 14.4. The van der Waals surface area contributed by atoms with E-state index in [0.717, 1.165) is 23.6 Å². The third kappa shape index (κ3) is 3.37. The van der Waals surface area contributed by atoms with Gasteiger partial charge in [0, 0.05) is 29.9 Å². The Balaban J connectivity index is 1.77. The van der Waals surface area contributed by atoms with Crippen LogP contribution in [0.2, 0.25) is 0 Å². The molecule has 22 heavy (non-hydrogen) atoms. The Morgan fingerprint density at radius 3 is 2.64 bits per heavy atom. The second kappa shape index (κ2) is 6.48. The normalized spacial score (nSPS) is 17.8. The molecule has 0 aliphatic heterocycles. The van der Waals surface area contributed by atoms with Crippen LogP contribution in [0.5, 0.6) is 5.75 Å². The van der Waals surface area contributed by atoms with Crippen molar-refractivity contribution in [2.24, 2.45) is 0 Å². The molecule has 112 valence electrons. The van der Waals surface area contributed by atoms with Gasteiger partial charge in [-0.1, -0.05) is 36.4 Å². The minimum absolute atomic E-state index is 0.172. The van der Waals surface area contributed by atoms with Crippen LogP contribution in [0.1, 0.15) is 24.3 Å². The molecule has 0 heterocycles. The quantitative estimate of drug-likeness (QED) is 0.920. The lowest BCUT2D eigenvalue weighted by Crippen LogP contribution is -2.16. The number of ketones is 1. The fraction of sp³-hybridized carbons (Fsp3) is 0.211. The highest BCUT2D eigenvalue weighted by atomic mass is 16.5. The Bertz CT molecular complexity index is 692. The van der Waals surface area contributed by atoms with E-state index in [1.165, 1.54) is 5.56 Å². The zero-order valence-electron chi connectivity index (χ0n) is 12.6. The molecule has 0 saturated carbocycles. The van der Waals surface area contributed by atoms with Gasteiger partial charge in [-0.25, -0.2) is 0 Å². The van der Waals surface area contributed by atoms with Crippen molar-refractivity contribution in [1.29, 1.82) is 0 Å². The number of hydrogen-bond donors (Lipinski definition) is 1. The Hall–Kier alpha value is -2.55. The summed E-state index contributed by atoms with van der Waals surface area (Å²) in [6, 6.07) is 18.0. The average Bonchev–Trinajstić information content (AvgIpc) is 2.55. The number of ether oxygens (including phenoxy) is 1. The fourth-order valence-corrected chi connectivity index (χ4v) is 2.83. The van der Waals surface area contributed by atoms with Gasteiger partial charge in [0.1, 0.15) is 5.75 Å². The van der Waals surface area contributed by atoms with Gasteiger partial charge in [0.25, 0.3) is 0 Å². The molecule has 1 N–H and O–H groups in total. The first-order valence-electron chi connectivity index (χ1n) is 7.44. The van der Waals surface area contributed by atoms with Gasteiger partial charge in [-0.15, -0.1) is 0 Å². The molecule has 1 aliphatic carbocycles. The van der Waals surface area contributed by atoms with Crippen molar-refractivity contribution in [2.75, 3.05) is 12.4 Å². The second-order valence-electron chi connectivity index (χ2n) is 5.51. The number of rotatable bonds is 4. The number of hydrogen-bond acceptors (Lipinski definition) is 3. The van der Waals surface area contributed by atoms with E-state index in [1.807, 2.05) is 42.5 Å². The molecule has 0 amide bonds. The summed E-state index contributed by atoms with van der Waals surface area (Å²) in [6.07, 6.45) is 3.14. The van der Waals surface area contributed by atoms with Crippen LogP contribution >= 0.6 is 0 Å². The molecule has 2 aromatic rings. The molecule has 1 atom stereocenters. The SMILES string of the molecule is COc1cccc(NC2=CC(=O)CC(c3ccccc3)C2)c1. The van der Waals surface area contributed by atoms with Crippen LogP contribution < -0.4 is 10.1 Å².